The highest BCUT2D eigenvalue weighted by molar-refractivity contribution is 7.92. The lowest BCUT2D eigenvalue weighted by molar-refractivity contribution is 0.319. The van der Waals surface area contributed by atoms with Crippen molar-refractivity contribution in [2.45, 2.75) is 11.8 Å². The van der Waals surface area contributed by atoms with Crippen LogP contribution in [0.2, 0.25) is 0 Å². The van der Waals surface area contributed by atoms with Crippen LogP contribution in [0.25, 0.3) is 0 Å². The second-order valence-electron chi connectivity index (χ2n) is 5.78. The molecule has 0 bridgehead atoms. The number of nitrogens with zero attached hydrogens (tertiary/aromatic N) is 1. The summed E-state index contributed by atoms with van der Waals surface area (Å²) in [5, 5.41) is 12.9. The summed E-state index contributed by atoms with van der Waals surface area (Å²) >= 11 is 0. The molecular weight excluding hydrogens is 348 g/mol. The van der Waals surface area contributed by atoms with E-state index in [0.29, 0.717) is 16.8 Å². The normalized spacial score (nSPS) is 12.0. The molecule has 0 aromatic heterocycles. The average molecular weight is 366 g/mol. The van der Waals surface area contributed by atoms with E-state index in [2.05, 4.69) is 9.88 Å². The van der Waals surface area contributed by atoms with E-state index in [1.165, 1.54) is 0 Å². The maximum atomic E-state index is 12.7. The smallest absolute Gasteiger partial charge is 0.261 e. The van der Waals surface area contributed by atoms with Gasteiger partial charge >= 0.3 is 0 Å². The molecule has 0 aliphatic rings. The lowest BCUT2D eigenvalue weighted by Crippen LogP contribution is -2.16. The van der Waals surface area contributed by atoms with Gasteiger partial charge in [0.25, 0.3) is 10.0 Å². The van der Waals surface area contributed by atoms with Gasteiger partial charge in [-0.2, -0.15) is 0 Å². The molecule has 0 fully saturated rings. The minimum absolute atomic E-state index is 0.167. The van der Waals surface area contributed by atoms with Gasteiger partial charge in [0.1, 0.15) is 5.71 Å². The minimum Gasteiger partial charge on any atom is -0.410 e. The van der Waals surface area contributed by atoms with Crippen LogP contribution in [0.1, 0.15) is 16.7 Å². The fourth-order valence-corrected chi connectivity index (χ4v) is 3.64. The molecule has 26 heavy (non-hydrogen) atoms. The largest absolute Gasteiger partial charge is 0.410 e. The van der Waals surface area contributed by atoms with E-state index in [0.717, 1.165) is 5.56 Å². The van der Waals surface area contributed by atoms with Crippen LogP contribution in [-0.2, 0) is 10.0 Å². The first-order valence-corrected chi connectivity index (χ1v) is 9.46. The lowest BCUT2D eigenvalue weighted by atomic mass is 10.0. The van der Waals surface area contributed by atoms with Crippen LogP contribution >= 0.6 is 0 Å². The van der Waals surface area contributed by atoms with E-state index in [1.807, 2.05) is 25.1 Å². The van der Waals surface area contributed by atoms with Crippen LogP contribution in [0.15, 0.2) is 88.9 Å². The number of sulfonamides is 1. The second-order valence-corrected chi connectivity index (χ2v) is 7.46. The van der Waals surface area contributed by atoms with Crippen LogP contribution < -0.4 is 4.72 Å². The van der Waals surface area contributed by atoms with Crippen molar-refractivity contribution >= 4 is 21.4 Å². The molecule has 2 N–H and O–H groups in total. The molecule has 3 rings (SSSR count). The van der Waals surface area contributed by atoms with Crippen molar-refractivity contribution in [1.82, 2.24) is 0 Å². The van der Waals surface area contributed by atoms with Gasteiger partial charge in [-0.25, -0.2) is 8.42 Å². The first-order valence-electron chi connectivity index (χ1n) is 7.97. The zero-order valence-corrected chi connectivity index (χ0v) is 14.9. The predicted octanol–water partition coefficient (Wildman–Crippen LogP) is 4.02. The molecule has 0 saturated heterocycles. The van der Waals surface area contributed by atoms with Crippen LogP contribution in [0, 0.1) is 6.92 Å². The molecule has 5 nitrogen and oxygen atoms in total. The van der Waals surface area contributed by atoms with Crippen molar-refractivity contribution in [2.75, 3.05) is 4.72 Å². The molecule has 0 unspecified atom stereocenters. The highest BCUT2D eigenvalue weighted by Gasteiger charge is 2.18. The Hall–Kier alpha value is -3.12. The Bertz CT molecular complexity index is 1030. The van der Waals surface area contributed by atoms with Crippen molar-refractivity contribution in [3.8, 4) is 0 Å². The molecule has 132 valence electrons. The Morgan fingerprint density at radius 1 is 0.885 bits per heavy atom. The minimum atomic E-state index is -3.76. The molecule has 0 aliphatic carbocycles. The number of hydrogen-bond donors (Lipinski definition) is 2. The monoisotopic (exact) mass is 366 g/mol. The molecular formula is C20H18N2O3S. The highest BCUT2D eigenvalue weighted by Crippen LogP contribution is 2.23. The third-order valence-corrected chi connectivity index (χ3v) is 5.29. The van der Waals surface area contributed by atoms with E-state index >= 15 is 0 Å². The Kier molecular flexibility index (Phi) is 5.04. The molecule has 6 heteroatoms. The maximum absolute atomic E-state index is 12.7. The molecule has 0 amide bonds. The Labute approximate surface area is 152 Å². The van der Waals surface area contributed by atoms with Crippen LogP contribution in [0.5, 0.6) is 0 Å². The number of rotatable bonds is 5. The first-order chi connectivity index (χ1) is 12.5. The number of benzene rings is 3. The number of hydrogen-bond acceptors (Lipinski definition) is 4. The highest BCUT2D eigenvalue weighted by atomic mass is 32.2. The second kappa shape index (κ2) is 7.41. The zero-order chi connectivity index (χ0) is 18.6. The molecule has 0 radical (unpaired) electrons. The average Bonchev–Trinajstić information content (AvgIpc) is 2.65. The Morgan fingerprint density at radius 3 is 2.15 bits per heavy atom. The van der Waals surface area contributed by atoms with E-state index in [9.17, 15) is 13.6 Å². The van der Waals surface area contributed by atoms with Gasteiger partial charge in [0.05, 0.1) is 10.6 Å². The SMILES string of the molecule is Cc1ccc(S(=O)(=O)Nc2ccccc2C(=NO)c2ccccc2)cc1. The van der Waals surface area contributed by atoms with E-state index in [4.69, 9.17) is 0 Å². The fraction of sp³-hybridized carbons (Fsp3) is 0.0500. The van der Waals surface area contributed by atoms with Gasteiger partial charge < -0.3 is 5.21 Å². The van der Waals surface area contributed by atoms with Crippen molar-refractivity contribution in [2.24, 2.45) is 5.16 Å². The van der Waals surface area contributed by atoms with Crippen LogP contribution in [0.4, 0.5) is 5.69 Å². The van der Waals surface area contributed by atoms with Gasteiger partial charge in [-0.1, -0.05) is 71.4 Å². The van der Waals surface area contributed by atoms with Gasteiger partial charge in [0, 0.05) is 11.1 Å². The molecule has 0 spiro atoms. The van der Waals surface area contributed by atoms with Gasteiger partial charge in [0.2, 0.25) is 0 Å². The summed E-state index contributed by atoms with van der Waals surface area (Å²) in [6.45, 7) is 1.89. The third kappa shape index (κ3) is 3.75. The quantitative estimate of drug-likeness (QED) is 0.407. The molecule has 0 saturated carbocycles. The molecule has 3 aromatic rings. The topological polar surface area (TPSA) is 78.8 Å². The van der Waals surface area contributed by atoms with Crippen LogP contribution in [0.3, 0.4) is 0 Å². The summed E-state index contributed by atoms with van der Waals surface area (Å²) in [6, 6.07) is 22.5. The van der Waals surface area contributed by atoms with E-state index < -0.39 is 10.0 Å². The Morgan fingerprint density at radius 2 is 1.50 bits per heavy atom. The molecule has 0 aliphatic heterocycles. The van der Waals surface area contributed by atoms with Crippen molar-refractivity contribution < 1.29 is 13.6 Å². The Balaban J connectivity index is 2.01. The predicted molar refractivity (Wildman–Crippen MR) is 102 cm³/mol. The fourth-order valence-electron chi connectivity index (χ4n) is 2.56. The summed E-state index contributed by atoms with van der Waals surface area (Å²) < 4.78 is 28.0. The van der Waals surface area contributed by atoms with Crippen molar-refractivity contribution in [1.29, 1.82) is 0 Å². The third-order valence-electron chi connectivity index (χ3n) is 3.91. The lowest BCUT2D eigenvalue weighted by Gasteiger charge is -2.14. The van der Waals surface area contributed by atoms with Crippen LogP contribution in [-0.4, -0.2) is 19.3 Å². The van der Waals surface area contributed by atoms with E-state index in [1.54, 1.807) is 60.7 Å². The van der Waals surface area contributed by atoms with Gasteiger partial charge in [0.15, 0.2) is 0 Å². The summed E-state index contributed by atoms with van der Waals surface area (Å²) in [4.78, 5) is 0.167. The number of para-hydroxylation sites is 1. The summed E-state index contributed by atoms with van der Waals surface area (Å²) in [7, 11) is -3.76. The summed E-state index contributed by atoms with van der Waals surface area (Å²) in [5.74, 6) is 0. The van der Waals surface area contributed by atoms with Gasteiger partial charge in [-0.3, -0.25) is 4.72 Å². The number of aryl methyl sites for hydroxylation is 1. The first kappa shape index (κ1) is 17.7. The van der Waals surface area contributed by atoms with Gasteiger partial charge in [-0.15, -0.1) is 0 Å². The molecule has 3 aromatic carbocycles. The van der Waals surface area contributed by atoms with Crippen molar-refractivity contribution in [3.05, 3.63) is 95.6 Å². The maximum Gasteiger partial charge on any atom is 0.261 e. The molecule has 0 atom stereocenters. The van der Waals surface area contributed by atoms with Gasteiger partial charge in [-0.05, 0) is 25.1 Å². The summed E-state index contributed by atoms with van der Waals surface area (Å²) in [6.07, 6.45) is 0. The van der Waals surface area contributed by atoms with E-state index in [-0.39, 0.29) is 10.6 Å². The molecule has 0 heterocycles. The number of oxime groups is 1. The van der Waals surface area contributed by atoms with Crippen molar-refractivity contribution in [3.63, 3.8) is 0 Å². The standard InChI is InChI=1S/C20H18N2O3S/c1-15-11-13-17(14-12-15)26(24,25)22-19-10-6-5-9-18(19)20(21-23)16-7-3-2-4-8-16/h2-14,22-23H,1H3. The number of anilines is 1. The zero-order valence-electron chi connectivity index (χ0n) is 14.1. The summed E-state index contributed by atoms with van der Waals surface area (Å²) in [5.41, 5.74) is 2.76. The number of nitrogens with one attached hydrogen (secondary N) is 1.